The fourth-order valence-corrected chi connectivity index (χ4v) is 1.55. The van der Waals surface area contributed by atoms with E-state index in [1.807, 2.05) is 30.3 Å². The standard InChI is InChI=1S/C12H14N4O/c1-9(10-5-3-2-4-6-10)7-13-12(17)11-8-14-16-15-11/h2-6,8-9H,7H2,1H3,(H,13,17)(H,14,15,16)/t9-/m0/s1. The maximum atomic E-state index is 11.6. The molecule has 2 rings (SSSR count). The maximum Gasteiger partial charge on any atom is 0.273 e. The van der Waals surface area contributed by atoms with E-state index in [1.165, 1.54) is 11.8 Å². The van der Waals surface area contributed by atoms with Gasteiger partial charge in [0.15, 0.2) is 5.69 Å². The lowest BCUT2D eigenvalue weighted by Gasteiger charge is -2.12. The minimum Gasteiger partial charge on any atom is -0.350 e. The number of nitrogens with zero attached hydrogens (tertiary/aromatic N) is 2. The Morgan fingerprint density at radius 3 is 2.82 bits per heavy atom. The summed E-state index contributed by atoms with van der Waals surface area (Å²) >= 11 is 0. The van der Waals surface area contributed by atoms with E-state index in [0.717, 1.165) is 0 Å². The molecular formula is C12H14N4O. The van der Waals surface area contributed by atoms with Crippen LogP contribution in [0.4, 0.5) is 0 Å². The third-order valence-electron chi connectivity index (χ3n) is 2.59. The van der Waals surface area contributed by atoms with E-state index in [4.69, 9.17) is 0 Å². The summed E-state index contributed by atoms with van der Waals surface area (Å²) < 4.78 is 0. The van der Waals surface area contributed by atoms with Crippen LogP contribution in [0, 0.1) is 0 Å². The zero-order chi connectivity index (χ0) is 12.1. The molecule has 1 amide bonds. The Balaban J connectivity index is 1.89. The predicted octanol–water partition coefficient (Wildman–Crippen LogP) is 1.34. The van der Waals surface area contributed by atoms with E-state index >= 15 is 0 Å². The Bertz CT molecular complexity index is 467. The number of hydrogen-bond acceptors (Lipinski definition) is 3. The zero-order valence-electron chi connectivity index (χ0n) is 9.55. The first kappa shape index (κ1) is 11.3. The Kier molecular flexibility index (Phi) is 3.49. The highest BCUT2D eigenvalue weighted by atomic mass is 16.1. The summed E-state index contributed by atoms with van der Waals surface area (Å²) in [5, 5.41) is 12.5. The van der Waals surface area contributed by atoms with Crippen LogP contribution >= 0.6 is 0 Å². The number of carbonyl (C=O) groups is 1. The molecule has 0 spiro atoms. The molecule has 1 atom stereocenters. The number of amides is 1. The molecule has 5 nitrogen and oxygen atoms in total. The van der Waals surface area contributed by atoms with Crippen LogP contribution in [0.25, 0.3) is 0 Å². The highest BCUT2D eigenvalue weighted by Crippen LogP contribution is 2.12. The fourth-order valence-electron chi connectivity index (χ4n) is 1.55. The molecule has 0 aliphatic heterocycles. The van der Waals surface area contributed by atoms with Crippen molar-refractivity contribution >= 4 is 5.91 Å². The van der Waals surface area contributed by atoms with Crippen molar-refractivity contribution in [2.45, 2.75) is 12.8 Å². The van der Waals surface area contributed by atoms with E-state index in [0.29, 0.717) is 12.2 Å². The Labute approximate surface area is 99.2 Å². The zero-order valence-corrected chi connectivity index (χ0v) is 9.55. The van der Waals surface area contributed by atoms with Gasteiger partial charge in [-0.25, -0.2) is 0 Å². The molecule has 2 aromatic rings. The number of hydrogen-bond donors (Lipinski definition) is 2. The van der Waals surface area contributed by atoms with Gasteiger partial charge in [-0.05, 0) is 11.5 Å². The average molecular weight is 230 g/mol. The second-order valence-electron chi connectivity index (χ2n) is 3.88. The van der Waals surface area contributed by atoms with E-state index in [2.05, 4.69) is 27.7 Å². The topological polar surface area (TPSA) is 70.7 Å². The normalized spacial score (nSPS) is 12.1. The molecule has 0 aliphatic rings. The van der Waals surface area contributed by atoms with Crippen LogP contribution in [-0.2, 0) is 0 Å². The lowest BCUT2D eigenvalue weighted by atomic mass is 10.0. The number of rotatable bonds is 4. The van der Waals surface area contributed by atoms with Gasteiger partial charge in [0, 0.05) is 6.54 Å². The van der Waals surface area contributed by atoms with Gasteiger partial charge in [0.25, 0.3) is 5.91 Å². The van der Waals surface area contributed by atoms with Gasteiger partial charge in [-0.2, -0.15) is 15.4 Å². The number of nitrogens with one attached hydrogen (secondary N) is 2. The third-order valence-corrected chi connectivity index (χ3v) is 2.59. The summed E-state index contributed by atoms with van der Waals surface area (Å²) in [5.41, 5.74) is 1.51. The molecule has 1 aromatic heterocycles. The largest absolute Gasteiger partial charge is 0.350 e. The second-order valence-corrected chi connectivity index (χ2v) is 3.88. The highest BCUT2D eigenvalue weighted by Gasteiger charge is 2.10. The number of carbonyl (C=O) groups excluding carboxylic acids is 1. The summed E-state index contributed by atoms with van der Waals surface area (Å²) in [4.78, 5) is 11.6. The molecule has 88 valence electrons. The molecule has 0 bridgehead atoms. The minimum absolute atomic E-state index is 0.207. The molecule has 1 heterocycles. The van der Waals surface area contributed by atoms with Crippen LogP contribution < -0.4 is 5.32 Å². The van der Waals surface area contributed by atoms with Crippen LogP contribution in [-0.4, -0.2) is 27.9 Å². The van der Waals surface area contributed by atoms with Crippen molar-refractivity contribution in [2.24, 2.45) is 0 Å². The van der Waals surface area contributed by atoms with Crippen LogP contribution in [0.15, 0.2) is 36.5 Å². The Hall–Kier alpha value is -2.17. The van der Waals surface area contributed by atoms with Gasteiger partial charge in [0.1, 0.15) is 0 Å². The first-order valence-electron chi connectivity index (χ1n) is 5.46. The fraction of sp³-hybridized carbons (Fsp3) is 0.250. The monoisotopic (exact) mass is 230 g/mol. The quantitative estimate of drug-likeness (QED) is 0.832. The molecule has 17 heavy (non-hydrogen) atoms. The Morgan fingerprint density at radius 1 is 1.41 bits per heavy atom. The number of benzene rings is 1. The molecule has 0 aliphatic carbocycles. The first-order chi connectivity index (χ1) is 8.27. The lowest BCUT2D eigenvalue weighted by Crippen LogP contribution is -2.27. The molecule has 0 unspecified atom stereocenters. The number of H-pyrrole nitrogens is 1. The van der Waals surface area contributed by atoms with Crippen molar-refractivity contribution in [1.29, 1.82) is 0 Å². The van der Waals surface area contributed by atoms with Gasteiger partial charge >= 0.3 is 0 Å². The van der Waals surface area contributed by atoms with Gasteiger partial charge < -0.3 is 5.32 Å². The van der Waals surface area contributed by atoms with Gasteiger partial charge in [0.05, 0.1) is 6.20 Å². The molecule has 2 N–H and O–H groups in total. The molecular weight excluding hydrogens is 216 g/mol. The van der Waals surface area contributed by atoms with Gasteiger partial charge in [0.2, 0.25) is 0 Å². The number of aromatic nitrogens is 3. The van der Waals surface area contributed by atoms with Gasteiger partial charge in [-0.3, -0.25) is 4.79 Å². The smallest absolute Gasteiger partial charge is 0.273 e. The predicted molar refractivity (Wildman–Crippen MR) is 63.6 cm³/mol. The summed E-state index contributed by atoms with van der Waals surface area (Å²) in [6.45, 7) is 2.65. The summed E-state index contributed by atoms with van der Waals surface area (Å²) in [6.07, 6.45) is 1.41. The molecule has 1 aromatic carbocycles. The molecule has 0 saturated carbocycles. The SMILES string of the molecule is C[C@@H](CNC(=O)c1cn[nH]n1)c1ccccc1. The molecule has 0 saturated heterocycles. The van der Waals surface area contributed by atoms with Crippen molar-refractivity contribution in [2.75, 3.05) is 6.54 Å². The molecule has 0 radical (unpaired) electrons. The highest BCUT2D eigenvalue weighted by molar-refractivity contribution is 5.91. The lowest BCUT2D eigenvalue weighted by molar-refractivity contribution is 0.0946. The average Bonchev–Trinajstić information content (AvgIpc) is 2.90. The van der Waals surface area contributed by atoms with Gasteiger partial charge in [-0.15, -0.1) is 0 Å². The van der Waals surface area contributed by atoms with Crippen molar-refractivity contribution in [3.8, 4) is 0 Å². The second kappa shape index (κ2) is 5.25. The van der Waals surface area contributed by atoms with E-state index < -0.39 is 0 Å². The van der Waals surface area contributed by atoms with Gasteiger partial charge in [-0.1, -0.05) is 37.3 Å². The number of aromatic amines is 1. The van der Waals surface area contributed by atoms with E-state index in [9.17, 15) is 4.79 Å². The molecule has 0 fully saturated rings. The minimum atomic E-state index is -0.207. The summed E-state index contributed by atoms with van der Waals surface area (Å²) in [6, 6.07) is 10.1. The summed E-state index contributed by atoms with van der Waals surface area (Å²) in [5.74, 6) is 0.0635. The van der Waals surface area contributed by atoms with E-state index in [1.54, 1.807) is 0 Å². The Morgan fingerprint density at radius 2 is 2.18 bits per heavy atom. The molecule has 5 heteroatoms. The van der Waals surface area contributed by atoms with Crippen molar-refractivity contribution < 1.29 is 4.79 Å². The van der Waals surface area contributed by atoms with Crippen molar-refractivity contribution in [3.05, 3.63) is 47.8 Å². The van der Waals surface area contributed by atoms with Crippen LogP contribution in [0.1, 0.15) is 28.9 Å². The van der Waals surface area contributed by atoms with Crippen LogP contribution in [0.5, 0.6) is 0 Å². The van der Waals surface area contributed by atoms with E-state index in [-0.39, 0.29) is 11.8 Å². The summed E-state index contributed by atoms with van der Waals surface area (Å²) in [7, 11) is 0. The van der Waals surface area contributed by atoms with Crippen LogP contribution in [0.3, 0.4) is 0 Å². The van der Waals surface area contributed by atoms with Crippen molar-refractivity contribution in [3.63, 3.8) is 0 Å². The first-order valence-corrected chi connectivity index (χ1v) is 5.46. The third kappa shape index (κ3) is 2.90. The maximum absolute atomic E-state index is 11.6. The van der Waals surface area contributed by atoms with Crippen molar-refractivity contribution in [1.82, 2.24) is 20.7 Å². The van der Waals surface area contributed by atoms with Crippen LogP contribution in [0.2, 0.25) is 0 Å².